The highest BCUT2D eigenvalue weighted by Crippen LogP contribution is 2.34. The van der Waals surface area contributed by atoms with E-state index in [1.54, 1.807) is 25.2 Å². The van der Waals surface area contributed by atoms with E-state index in [0.717, 1.165) is 5.56 Å². The number of imidazole rings is 1. The van der Waals surface area contributed by atoms with E-state index in [4.69, 9.17) is 9.47 Å². The van der Waals surface area contributed by atoms with Crippen molar-refractivity contribution in [2.45, 2.75) is 37.8 Å². The number of amides is 1. The maximum absolute atomic E-state index is 15.8. The summed E-state index contributed by atoms with van der Waals surface area (Å²) in [5.41, 5.74) is 2.79. The van der Waals surface area contributed by atoms with Gasteiger partial charge >= 0.3 is 6.03 Å². The predicted octanol–water partition coefficient (Wildman–Crippen LogP) is 3.15. The van der Waals surface area contributed by atoms with E-state index in [2.05, 4.69) is 25.9 Å². The SMILES string of the molecule is CNc1cc2nc3c1ncn3C(=O)N[C@@H]1C[C@@H](F)C[C@H]1OCc1cc(c(F)c(N3CCOCC3)c1)N2. The van der Waals surface area contributed by atoms with Crippen LogP contribution in [0.1, 0.15) is 18.4 Å². The molecule has 0 radical (unpaired) electrons. The summed E-state index contributed by atoms with van der Waals surface area (Å²) in [4.78, 5) is 24.0. The number of fused-ring (bicyclic) bond motifs is 4. The second-order valence-corrected chi connectivity index (χ2v) is 9.27. The van der Waals surface area contributed by atoms with Gasteiger partial charge in [-0.3, -0.25) is 0 Å². The van der Waals surface area contributed by atoms with Crippen molar-refractivity contribution in [3.8, 4) is 0 Å². The number of benzene rings is 1. The summed E-state index contributed by atoms with van der Waals surface area (Å²) in [6, 6.07) is 4.16. The number of rotatable bonds is 2. The van der Waals surface area contributed by atoms with Gasteiger partial charge in [0.25, 0.3) is 0 Å². The van der Waals surface area contributed by atoms with Gasteiger partial charge < -0.3 is 30.3 Å². The molecule has 6 rings (SSSR count). The summed E-state index contributed by atoms with van der Waals surface area (Å²) in [6.45, 7) is 2.29. The van der Waals surface area contributed by atoms with Crippen LogP contribution in [0.3, 0.4) is 0 Å². The first-order valence-electron chi connectivity index (χ1n) is 12.0. The fraction of sp³-hybridized carbons (Fsp3) is 0.458. The molecule has 3 atom stereocenters. The Morgan fingerprint density at radius 1 is 1.19 bits per heavy atom. The molecule has 1 saturated carbocycles. The Morgan fingerprint density at radius 2 is 2.03 bits per heavy atom. The molecule has 1 amide bonds. The normalized spacial score (nSPS) is 24.2. The summed E-state index contributed by atoms with van der Waals surface area (Å²) < 4.78 is 43.0. The molecule has 1 aromatic carbocycles. The number of hydrogen-bond acceptors (Lipinski definition) is 8. The number of nitrogens with zero attached hydrogens (tertiary/aromatic N) is 4. The zero-order valence-electron chi connectivity index (χ0n) is 19.8. The topological polar surface area (TPSA) is 106 Å². The van der Waals surface area contributed by atoms with Gasteiger partial charge in [-0.15, -0.1) is 0 Å². The predicted molar refractivity (Wildman–Crippen MR) is 130 cm³/mol. The van der Waals surface area contributed by atoms with E-state index in [1.165, 1.54) is 10.9 Å². The second kappa shape index (κ2) is 9.17. The first-order chi connectivity index (χ1) is 17.5. The van der Waals surface area contributed by atoms with Gasteiger partial charge in [-0.05, 0) is 17.7 Å². The first-order valence-corrected chi connectivity index (χ1v) is 12.0. The lowest BCUT2D eigenvalue weighted by Crippen LogP contribution is -2.43. The molecule has 0 unspecified atom stereocenters. The molecule has 3 aliphatic rings. The highest BCUT2D eigenvalue weighted by molar-refractivity contribution is 5.94. The molecule has 2 fully saturated rings. The lowest BCUT2D eigenvalue weighted by Gasteiger charge is -2.30. The van der Waals surface area contributed by atoms with Gasteiger partial charge in [0.15, 0.2) is 11.5 Å². The van der Waals surface area contributed by atoms with Crippen molar-refractivity contribution in [2.75, 3.05) is 48.9 Å². The highest BCUT2D eigenvalue weighted by Gasteiger charge is 2.37. The smallest absolute Gasteiger partial charge is 0.328 e. The average molecular weight is 500 g/mol. The third kappa shape index (κ3) is 4.09. The van der Waals surface area contributed by atoms with Crippen molar-refractivity contribution in [2.24, 2.45) is 0 Å². The number of ether oxygens (including phenoxy) is 2. The van der Waals surface area contributed by atoms with E-state index in [9.17, 15) is 9.18 Å². The number of halogens is 2. The maximum Gasteiger partial charge on any atom is 0.328 e. The van der Waals surface area contributed by atoms with Crippen molar-refractivity contribution < 1.29 is 23.0 Å². The number of morpholine rings is 1. The minimum atomic E-state index is -1.09. The third-order valence-corrected chi connectivity index (χ3v) is 6.94. The molecule has 2 aromatic heterocycles. The summed E-state index contributed by atoms with van der Waals surface area (Å²) in [5, 5.41) is 9.04. The summed E-state index contributed by atoms with van der Waals surface area (Å²) >= 11 is 0. The van der Waals surface area contributed by atoms with Crippen LogP contribution in [-0.4, -0.2) is 72.2 Å². The Hall–Kier alpha value is -3.51. The minimum absolute atomic E-state index is 0.139. The molecular formula is C24H27F2N7O3. The van der Waals surface area contributed by atoms with Gasteiger partial charge in [0.05, 0.1) is 49.0 Å². The molecule has 4 heterocycles. The van der Waals surface area contributed by atoms with Crippen LogP contribution in [-0.2, 0) is 16.1 Å². The van der Waals surface area contributed by atoms with Crippen LogP contribution < -0.4 is 20.9 Å². The third-order valence-electron chi connectivity index (χ3n) is 6.94. The monoisotopic (exact) mass is 499 g/mol. The molecule has 1 aliphatic carbocycles. The zero-order chi connectivity index (χ0) is 24.8. The van der Waals surface area contributed by atoms with Crippen molar-refractivity contribution >= 4 is 40.1 Å². The van der Waals surface area contributed by atoms with Crippen LogP contribution in [0.25, 0.3) is 11.2 Å². The lowest BCUT2D eigenvalue weighted by molar-refractivity contribution is 0.0273. The van der Waals surface area contributed by atoms with Crippen LogP contribution in [0.4, 0.5) is 36.5 Å². The molecule has 4 bridgehead atoms. The van der Waals surface area contributed by atoms with E-state index in [1.807, 2.05) is 4.90 Å². The van der Waals surface area contributed by atoms with E-state index in [-0.39, 0.29) is 30.8 Å². The quantitative estimate of drug-likeness (QED) is 0.494. The van der Waals surface area contributed by atoms with Gasteiger partial charge in [0.1, 0.15) is 23.8 Å². The molecule has 2 aliphatic heterocycles. The van der Waals surface area contributed by atoms with Gasteiger partial charge in [0, 0.05) is 39.0 Å². The number of pyridine rings is 1. The Balaban J connectivity index is 1.49. The molecule has 1 saturated heterocycles. The maximum atomic E-state index is 15.8. The number of anilines is 4. The molecular weight excluding hydrogens is 472 g/mol. The van der Waals surface area contributed by atoms with Crippen LogP contribution in [0.5, 0.6) is 0 Å². The highest BCUT2D eigenvalue weighted by atomic mass is 19.1. The Morgan fingerprint density at radius 3 is 2.83 bits per heavy atom. The number of alkyl halides is 1. The minimum Gasteiger partial charge on any atom is -0.386 e. The fourth-order valence-electron chi connectivity index (χ4n) is 5.11. The molecule has 0 spiro atoms. The van der Waals surface area contributed by atoms with E-state index in [0.29, 0.717) is 49.0 Å². The largest absolute Gasteiger partial charge is 0.386 e. The summed E-state index contributed by atoms with van der Waals surface area (Å²) in [7, 11) is 1.73. The van der Waals surface area contributed by atoms with Crippen LogP contribution >= 0.6 is 0 Å². The number of nitrogens with one attached hydrogen (secondary N) is 3. The van der Waals surface area contributed by atoms with Crippen LogP contribution in [0.15, 0.2) is 24.5 Å². The molecule has 190 valence electrons. The molecule has 3 aromatic rings. The molecule has 12 heteroatoms. The summed E-state index contributed by atoms with van der Waals surface area (Å²) in [5.74, 6) is -0.0830. The molecule has 10 nitrogen and oxygen atoms in total. The number of aromatic nitrogens is 3. The average Bonchev–Trinajstić information content (AvgIpc) is 3.46. The number of carbonyl (C=O) groups excluding carboxylic acids is 1. The van der Waals surface area contributed by atoms with Gasteiger partial charge in [-0.25, -0.2) is 28.1 Å². The first kappa shape index (κ1) is 22.9. The molecule has 36 heavy (non-hydrogen) atoms. The van der Waals surface area contributed by atoms with E-state index >= 15 is 4.39 Å². The van der Waals surface area contributed by atoms with Crippen LogP contribution in [0.2, 0.25) is 0 Å². The Labute approximate surface area is 206 Å². The number of carbonyl (C=O) groups is 1. The van der Waals surface area contributed by atoms with Crippen molar-refractivity contribution in [1.82, 2.24) is 19.9 Å². The molecule has 3 N–H and O–H groups in total. The Kier molecular flexibility index (Phi) is 5.84. The van der Waals surface area contributed by atoms with Gasteiger partial charge in [-0.1, -0.05) is 0 Å². The standard InChI is InChI=1S/C24H27F2N7O3/c1-27-17-10-20-29-16-6-13(7-18(21(16)26)32-2-4-35-5-3-32)11-36-19-9-14(25)8-15(19)30-24(34)33-12-28-22(17)23(33)31-20/h6-7,10,12,14-15,19H,2-5,8-9,11H2,1H3,(H,30,34)(H2,27,29,31)/t14-,15-,19-/m1/s1. The van der Waals surface area contributed by atoms with Gasteiger partial charge in [0.2, 0.25) is 0 Å². The van der Waals surface area contributed by atoms with Crippen LogP contribution in [0, 0.1) is 5.82 Å². The van der Waals surface area contributed by atoms with Crippen molar-refractivity contribution in [1.29, 1.82) is 0 Å². The number of hydrogen-bond donors (Lipinski definition) is 3. The van der Waals surface area contributed by atoms with Crippen molar-refractivity contribution in [3.05, 3.63) is 35.9 Å². The van der Waals surface area contributed by atoms with Crippen molar-refractivity contribution in [3.63, 3.8) is 0 Å². The zero-order valence-corrected chi connectivity index (χ0v) is 19.8. The lowest BCUT2D eigenvalue weighted by atomic mass is 10.1. The summed E-state index contributed by atoms with van der Waals surface area (Å²) in [6.07, 6.45) is 0.0826. The van der Waals surface area contributed by atoms with E-state index < -0.39 is 30.2 Å². The van der Waals surface area contributed by atoms with Gasteiger partial charge in [-0.2, -0.15) is 0 Å². The second-order valence-electron chi connectivity index (χ2n) is 9.27. The fourth-order valence-corrected chi connectivity index (χ4v) is 5.11. The Bertz CT molecular complexity index is 1310.